The fourth-order valence-electron chi connectivity index (χ4n) is 3.11. The molecule has 1 atom stereocenters. The Kier molecular flexibility index (Phi) is 2.19. The molecule has 4 rings (SSSR count). The van der Waals surface area contributed by atoms with Crippen LogP contribution >= 0.6 is 0 Å². The van der Waals surface area contributed by atoms with Crippen molar-refractivity contribution in [3.05, 3.63) is 76.9 Å². The third-order valence-corrected chi connectivity index (χ3v) is 4.12. The van der Waals surface area contributed by atoms with E-state index in [2.05, 4.69) is 73.8 Å². The average Bonchev–Trinajstić information content (AvgIpc) is 2.47. The first-order chi connectivity index (χ1) is 9.34. The van der Waals surface area contributed by atoms with E-state index in [-0.39, 0.29) is 6.04 Å². The molecule has 0 bridgehead atoms. The highest BCUT2D eigenvalue weighted by Crippen LogP contribution is 2.42. The van der Waals surface area contributed by atoms with Gasteiger partial charge in [-0.25, -0.2) is 0 Å². The van der Waals surface area contributed by atoms with Gasteiger partial charge in [0.2, 0.25) is 0 Å². The van der Waals surface area contributed by atoms with Crippen molar-refractivity contribution in [3.8, 4) is 0 Å². The first kappa shape index (κ1) is 10.7. The lowest BCUT2D eigenvalue weighted by Gasteiger charge is -2.33. The van der Waals surface area contributed by atoms with Crippen molar-refractivity contribution in [3.63, 3.8) is 0 Å². The summed E-state index contributed by atoms with van der Waals surface area (Å²) >= 11 is 0. The van der Waals surface area contributed by atoms with Crippen LogP contribution in [0.4, 0.5) is 5.69 Å². The highest BCUT2D eigenvalue weighted by atomic mass is 14.9. The number of benzene rings is 2. The molecule has 19 heavy (non-hydrogen) atoms. The Hall–Kier alpha value is -2.22. The van der Waals surface area contributed by atoms with Gasteiger partial charge in [0.15, 0.2) is 0 Å². The molecule has 1 heterocycles. The Morgan fingerprint density at radius 3 is 2.63 bits per heavy atom. The van der Waals surface area contributed by atoms with Crippen molar-refractivity contribution in [1.29, 1.82) is 0 Å². The zero-order chi connectivity index (χ0) is 12.8. The summed E-state index contributed by atoms with van der Waals surface area (Å²) in [6.45, 7) is 0. The lowest BCUT2D eigenvalue weighted by atomic mass is 9.74. The topological polar surface area (TPSA) is 12.0 Å². The Balaban J connectivity index is 1.96. The summed E-state index contributed by atoms with van der Waals surface area (Å²) in [5.41, 5.74) is 8.00. The first-order valence-corrected chi connectivity index (χ1v) is 6.68. The molecule has 0 spiro atoms. The number of nitrogens with one attached hydrogen (secondary N) is 1. The predicted molar refractivity (Wildman–Crippen MR) is 83.7 cm³/mol. The molecular formula is C17H14BN. The quantitative estimate of drug-likeness (QED) is 0.700. The van der Waals surface area contributed by atoms with Gasteiger partial charge in [-0.2, -0.15) is 0 Å². The molecule has 2 aromatic carbocycles. The molecule has 1 aliphatic carbocycles. The average molecular weight is 243 g/mol. The largest absolute Gasteiger partial charge is 0.374 e. The SMILES string of the molecule is BC1=C2C=Cc3ccccc3C2Nc2ccccc21. The molecule has 2 heteroatoms. The van der Waals surface area contributed by atoms with E-state index in [4.69, 9.17) is 0 Å². The third kappa shape index (κ3) is 1.50. The van der Waals surface area contributed by atoms with Crippen LogP contribution in [-0.2, 0) is 0 Å². The zero-order valence-corrected chi connectivity index (χ0v) is 10.9. The lowest BCUT2D eigenvalue weighted by Crippen LogP contribution is -2.21. The summed E-state index contributed by atoms with van der Waals surface area (Å²) in [4.78, 5) is 0. The van der Waals surface area contributed by atoms with Crippen molar-refractivity contribution < 1.29 is 0 Å². The summed E-state index contributed by atoms with van der Waals surface area (Å²) in [7, 11) is 2.22. The fourth-order valence-corrected chi connectivity index (χ4v) is 3.11. The van der Waals surface area contributed by atoms with Crippen LogP contribution in [0.5, 0.6) is 0 Å². The third-order valence-electron chi connectivity index (χ3n) is 4.12. The molecule has 0 saturated heterocycles. The first-order valence-electron chi connectivity index (χ1n) is 6.68. The van der Waals surface area contributed by atoms with Crippen LogP contribution in [0.1, 0.15) is 22.7 Å². The van der Waals surface area contributed by atoms with Crippen molar-refractivity contribution in [1.82, 2.24) is 0 Å². The molecule has 0 radical (unpaired) electrons. The second-order valence-electron chi connectivity index (χ2n) is 5.17. The molecule has 1 nitrogen and oxygen atoms in total. The Bertz CT molecular complexity index is 728. The van der Waals surface area contributed by atoms with E-state index >= 15 is 0 Å². The predicted octanol–water partition coefficient (Wildman–Crippen LogP) is 3.22. The smallest absolute Gasteiger partial charge is 0.140 e. The Morgan fingerprint density at radius 1 is 0.895 bits per heavy atom. The van der Waals surface area contributed by atoms with E-state index < -0.39 is 0 Å². The van der Waals surface area contributed by atoms with Gasteiger partial charge in [-0.15, -0.1) is 0 Å². The number of anilines is 1. The van der Waals surface area contributed by atoms with E-state index in [0.717, 1.165) is 0 Å². The van der Waals surface area contributed by atoms with Crippen molar-refractivity contribution >= 4 is 25.1 Å². The second kappa shape index (κ2) is 3.89. The van der Waals surface area contributed by atoms with Crippen LogP contribution in [0.15, 0.2) is 60.2 Å². The van der Waals surface area contributed by atoms with Crippen LogP contribution in [0.3, 0.4) is 0 Å². The molecule has 0 amide bonds. The molecule has 2 aromatic rings. The molecule has 0 aromatic heterocycles. The number of fused-ring (bicyclic) bond motifs is 4. The lowest BCUT2D eigenvalue weighted by molar-refractivity contribution is 0.921. The van der Waals surface area contributed by atoms with Crippen molar-refractivity contribution in [2.24, 2.45) is 0 Å². The standard InChI is InChI=1S/C17H14BN/c18-16-13-7-3-4-8-15(13)19-17-12-6-2-1-5-11(12)9-10-14(16)17/h1-10,17,19H,18H2. The summed E-state index contributed by atoms with van der Waals surface area (Å²) in [5.74, 6) is 0. The van der Waals surface area contributed by atoms with Crippen molar-refractivity contribution in [2.75, 3.05) is 5.32 Å². The summed E-state index contributed by atoms with van der Waals surface area (Å²) in [6.07, 6.45) is 4.48. The Morgan fingerprint density at radius 2 is 1.68 bits per heavy atom. The zero-order valence-electron chi connectivity index (χ0n) is 10.9. The molecule has 1 unspecified atom stereocenters. The van der Waals surface area contributed by atoms with E-state index in [1.165, 1.54) is 33.4 Å². The number of hydrogen-bond donors (Lipinski definition) is 1. The minimum absolute atomic E-state index is 0.288. The fraction of sp³-hybridized carbons (Fsp3) is 0.0588. The van der Waals surface area contributed by atoms with Gasteiger partial charge >= 0.3 is 0 Å². The van der Waals surface area contributed by atoms with Gasteiger partial charge in [-0.1, -0.05) is 60.1 Å². The second-order valence-corrected chi connectivity index (χ2v) is 5.17. The maximum Gasteiger partial charge on any atom is 0.140 e. The molecular weight excluding hydrogens is 229 g/mol. The minimum Gasteiger partial charge on any atom is -0.374 e. The number of rotatable bonds is 0. The van der Waals surface area contributed by atoms with E-state index in [1.807, 2.05) is 0 Å². The van der Waals surface area contributed by atoms with E-state index in [1.54, 1.807) is 0 Å². The normalized spacial score (nSPS) is 19.3. The van der Waals surface area contributed by atoms with Crippen LogP contribution in [0.2, 0.25) is 0 Å². The van der Waals surface area contributed by atoms with Gasteiger partial charge in [0, 0.05) is 5.69 Å². The maximum atomic E-state index is 3.68. The van der Waals surface area contributed by atoms with Crippen LogP contribution < -0.4 is 5.32 Å². The highest BCUT2D eigenvalue weighted by molar-refractivity contribution is 6.44. The molecule has 0 fully saturated rings. The van der Waals surface area contributed by atoms with Crippen LogP contribution in [-0.4, -0.2) is 7.85 Å². The molecule has 2 aliphatic rings. The van der Waals surface area contributed by atoms with Crippen molar-refractivity contribution in [2.45, 2.75) is 6.04 Å². The molecule has 0 saturated carbocycles. The van der Waals surface area contributed by atoms with E-state index in [9.17, 15) is 0 Å². The molecule has 90 valence electrons. The maximum absolute atomic E-state index is 3.68. The van der Waals surface area contributed by atoms with Gasteiger partial charge in [-0.3, -0.25) is 0 Å². The van der Waals surface area contributed by atoms with Crippen LogP contribution in [0, 0.1) is 0 Å². The van der Waals surface area contributed by atoms with Gasteiger partial charge in [0.1, 0.15) is 7.85 Å². The summed E-state index contributed by atoms with van der Waals surface area (Å²) < 4.78 is 0. The number of para-hydroxylation sites is 1. The monoisotopic (exact) mass is 243 g/mol. The van der Waals surface area contributed by atoms with Gasteiger partial charge < -0.3 is 5.32 Å². The molecule has 1 N–H and O–H groups in total. The Labute approximate surface area is 114 Å². The molecule has 1 aliphatic heterocycles. The minimum atomic E-state index is 0.288. The summed E-state index contributed by atoms with van der Waals surface area (Å²) in [5, 5.41) is 3.68. The van der Waals surface area contributed by atoms with Gasteiger partial charge in [0.05, 0.1) is 6.04 Å². The van der Waals surface area contributed by atoms with E-state index in [0.29, 0.717) is 0 Å². The summed E-state index contributed by atoms with van der Waals surface area (Å²) in [6, 6.07) is 17.5. The van der Waals surface area contributed by atoms with Gasteiger partial charge in [0.25, 0.3) is 0 Å². The highest BCUT2D eigenvalue weighted by Gasteiger charge is 2.27. The van der Waals surface area contributed by atoms with Gasteiger partial charge in [-0.05, 0) is 28.3 Å². The number of hydrogen-bond acceptors (Lipinski definition) is 1. The van der Waals surface area contributed by atoms with Crippen LogP contribution in [0.25, 0.3) is 11.5 Å².